The molecule has 98 valence electrons. The maximum Gasteiger partial charge on any atom is 0.161 e. The van der Waals surface area contributed by atoms with Gasteiger partial charge in [-0.1, -0.05) is 6.07 Å². The van der Waals surface area contributed by atoms with Crippen LogP contribution < -0.4 is 15.2 Å². The molecule has 0 saturated heterocycles. The zero-order chi connectivity index (χ0) is 13.2. The molecule has 0 fully saturated rings. The van der Waals surface area contributed by atoms with Crippen molar-refractivity contribution in [2.45, 2.75) is 13.0 Å². The lowest BCUT2D eigenvalue weighted by molar-refractivity contribution is 0.171. The van der Waals surface area contributed by atoms with Crippen LogP contribution in [0.5, 0.6) is 11.5 Å². The lowest BCUT2D eigenvalue weighted by Gasteiger charge is -2.20. The van der Waals surface area contributed by atoms with Crippen LogP contribution in [-0.2, 0) is 0 Å². The van der Waals surface area contributed by atoms with Gasteiger partial charge in [0.2, 0.25) is 0 Å². The van der Waals surface area contributed by atoms with Gasteiger partial charge in [-0.05, 0) is 30.2 Å². The molecule has 0 aliphatic carbocycles. The van der Waals surface area contributed by atoms with Crippen LogP contribution in [0.2, 0.25) is 0 Å². The molecule has 1 aromatic heterocycles. The minimum Gasteiger partial charge on any atom is -0.486 e. The maximum absolute atomic E-state index is 6.18. The van der Waals surface area contributed by atoms with Crippen LogP contribution in [0.4, 0.5) is 0 Å². The van der Waals surface area contributed by atoms with Crippen LogP contribution in [0.25, 0.3) is 0 Å². The molecule has 1 unspecified atom stereocenters. The highest BCUT2D eigenvalue weighted by Gasteiger charge is 2.17. The molecular formula is C14H15N3O2. The van der Waals surface area contributed by atoms with E-state index in [2.05, 4.69) is 9.97 Å². The summed E-state index contributed by atoms with van der Waals surface area (Å²) in [6.45, 7) is 3.09. The summed E-state index contributed by atoms with van der Waals surface area (Å²) in [5, 5.41) is 0. The number of hydrogen-bond acceptors (Lipinski definition) is 5. The summed E-state index contributed by atoms with van der Waals surface area (Å²) < 4.78 is 11.0. The van der Waals surface area contributed by atoms with Gasteiger partial charge >= 0.3 is 0 Å². The molecule has 0 saturated carbocycles. The molecule has 1 atom stereocenters. The van der Waals surface area contributed by atoms with Crippen molar-refractivity contribution in [1.82, 2.24) is 9.97 Å². The number of hydrogen-bond donors (Lipinski definition) is 1. The molecule has 5 nitrogen and oxygen atoms in total. The predicted octanol–water partition coefficient (Wildman–Crippen LogP) is 1.60. The van der Waals surface area contributed by atoms with E-state index in [1.807, 2.05) is 25.1 Å². The number of ether oxygens (including phenoxy) is 2. The normalized spacial score (nSPS) is 15.1. The molecule has 2 aromatic rings. The van der Waals surface area contributed by atoms with E-state index in [9.17, 15) is 0 Å². The van der Waals surface area contributed by atoms with Crippen molar-refractivity contribution < 1.29 is 9.47 Å². The lowest BCUT2D eigenvalue weighted by Crippen LogP contribution is -2.18. The summed E-state index contributed by atoms with van der Waals surface area (Å²) in [7, 11) is 0. The van der Waals surface area contributed by atoms with E-state index in [1.165, 1.54) is 0 Å². The van der Waals surface area contributed by atoms with Gasteiger partial charge in [-0.3, -0.25) is 0 Å². The van der Waals surface area contributed by atoms with Gasteiger partial charge in [0.25, 0.3) is 0 Å². The first-order chi connectivity index (χ1) is 9.24. The Morgan fingerprint density at radius 2 is 1.79 bits per heavy atom. The highest BCUT2D eigenvalue weighted by Crippen LogP contribution is 2.32. The van der Waals surface area contributed by atoms with Crippen molar-refractivity contribution in [3.63, 3.8) is 0 Å². The van der Waals surface area contributed by atoms with Gasteiger partial charge < -0.3 is 15.2 Å². The second-order valence-corrected chi connectivity index (χ2v) is 4.50. The minimum atomic E-state index is -0.364. The summed E-state index contributed by atoms with van der Waals surface area (Å²) in [6, 6.07) is 5.32. The minimum absolute atomic E-state index is 0.364. The second-order valence-electron chi connectivity index (χ2n) is 4.50. The molecular weight excluding hydrogens is 242 g/mol. The third-order valence-electron chi connectivity index (χ3n) is 3.00. The maximum atomic E-state index is 6.18. The largest absolute Gasteiger partial charge is 0.486 e. The van der Waals surface area contributed by atoms with Crippen LogP contribution in [0, 0.1) is 6.92 Å². The SMILES string of the molecule is Cc1cnc(C(N)c2ccc3c(c2)OCCO3)nc1. The van der Waals surface area contributed by atoms with E-state index in [1.54, 1.807) is 12.4 Å². The molecule has 3 rings (SSSR count). The average molecular weight is 257 g/mol. The van der Waals surface area contributed by atoms with Crippen molar-refractivity contribution in [2.24, 2.45) is 5.73 Å². The molecule has 2 N–H and O–H groups in total. The Balaban J connectivity index is 1.91. The zero-order valence-electron chi connectivity index (χ0n) is 10.7. The standard InChI is InChI=1S/C14H15N3O2/c1-9-7-16-14(17-8-9)13(15)10-2-3-11-12(6-10)19-5-4-18-11/h2-3,6-8,13H,4-5,15H2,1H3. The Morgan fingerprint density at radius 1 is 1.11 bits per heavy atom. The summed E-state index contributed by atoms with van der Waals surface area (Å²) in [5.74, 6) is 2.08. The van der Waals surface area contributed by atoms with Crippen molar-refractivity contribution in [3.05, 3.63) is 47.5 Å². The number of fused-ring (bicyclic) bond motifs is 1. The third-order valence-corrected chi connectivity index (χ3v) is 3.00. The zero-order valence-corrected chi connectivity index (χ0v) is 10.7. The van der Waals surface area contributed by atoms with Gasteiger partial charge in [0.15, 0.2) is 11.5 Å². The van der Waals surface area contributed by atoms with Crippen molar-refractivity contribution in [2.75, 3.05) is 13.2 Å². The molecule has 5 heteroatoms. The fourth-order valence-corrected chi connectivity index (χ4v) is 1.97. The van der Waals surface area contributed by atoms with E-state index >= 15 is 0 Å². The third kappa shape index (κ3) is 2.37. The molecule has 1 aliphatic rings. The van der Waals surface area contributed by atoms with Crippen molar-refractivity contribution in [1.29, 1.82) is 0 Å². The first kappa shape index (κ1) is 11.9. The lowest BCUT2D eigenvalue weighted by atomic mass is 10.1. The van der Waals surface area contributed by atoms with Crippen LogP contribution in [0.3, 0.4) is 0 Å². The van der Waals surface area contributed by atoms with E-state index in [0.717, 1.165) is 22.6 Å². The molecule has 0 amide bonds. The van der Waals surface area contributed by atoms with Gasteiger partial charge in [0, 0.05) is 12.4 Å². The van der Waals surface area contributed by atoms with Crippen LogP contribution in [-0.4, -0.2) is 23.2 Å². The first-order valence-electron chi connectivity index (χ1n) is 6.18. The number of nitrogens with zero attached hydrogens (tertiary/aromatic N) is 2. The van der Waals surface area contributed by atoms with Gasteiger partial charge in [0.05, 0.1) is 6.04 Å². The molecule has 19 heavy (non-hydrogen) atoms. The van der Waals surface area contributed by atoms with Crippen molar-refractivity contribution in [3.8, 4) is 11.5 Å². The van der Waals surface area contributed by atoms with Gasteiger partial charge in [-0.15, -0.1) is 0 Å². The number of rotatable bonds is 2. The predicted molar refractivity (Wildman–Crippen MR) is 70.2 cm³/mol. The Morgan fingerprint density at radius 3 is 2.53 bits per heavy atom. The molecule has 2 heterocycles. The Kier molecular flexibility index (Phi) is 3.05. The van der Waals surface area contributed by atoms with E-state index < -0.39 is 0 Å². The number of aryl methyl sites for hydroxylation is 1. The molecule has 1 aliphatic heterocycles. The van der Waals surface area contributed by atoms with Gasteiger partial charge in [0.1, 0.15) is 19.0 Å². The average Bonchev–Trinajstić information content (AvgIpc) is 2.47. The fraction of sp³-hybridized carbons (Fsp3) is 0.286. The fourth-order valence-electron chi connectivity index (χ4n) is 1.97. The molecule has 0 bridgehead atoms. The topological polar surface area (TPSA) is 70.3 Å². The number of benzene rings is 1. The highest BCUT2D eigenvalue weighted by molar-refractivity contribution is 5.45. The van der Waals surface area contributed by atoms with Crippen molar-refractivity contribution >= 4 is 0 Å². The Hall–Kier alpha value is -2.14. The highest BCUT2D eigenvalue weighted by atomic mass is 16.6. The smallest absolute Gasteiger partial charge is 0.161 e. The quantitative estimate of drug-likeness (QED) is 0.885. The first-order valence-corrected chi connectivity index (χ1v) is 6.18. The summed E-state index contributed by atoms with van der Waals surface area (Å²) in [4.78, 5) is 8.52. The summed E-state index contributed by atoms with van der Waals surface area (Å²) in [5.41, 5.74) is 8.10. The van der Waals surface area contributed by atoms with Gasteiger partial charge in [-0.25, -0.2) is 9.97 Å². The van der Waals surface area contributed by atoms with E-state index in [-0.39, 0.29) is 6.04 Å². The Labute approximate surface area is 111 Å². The monoisotopic (exact) mass is 257 g/mol. The van der Waals surface area contributed by atoms with Gasteiger partial charge in [-0.2, -0.15) is 0 Å². The van der Waals surface area contributed by atoms with E-state index in [0.29, 0.717) is 19.0 Å². The molecule has 0 spiro atoms. The Bertz CT molecular complexity index is 584. The summed E-state index contributed by atoms with van der Waals surface area (Å²) >= 11 is 0. The molecule has 1 aromatic carbocycles. The van der Waals surface area contributed by atoms with Crippen LogP contribution in [0.1, 0.15) is 23.0 Å². The number of aromatic nitrogens is 2. The number of nitrogens with two attached hydrogens (primary N) is 1. The van der Waals surface area contributed by atoms with Crippen LogP contribution >= 0.6 is 0 Å². The summed E-state index contributed by atoms with van der Waals surface area (Å²) in [6.07, 6.45) is 3.53. The van der Waals surface area contributed by atoms with Crippen LogP contribution in [0.15, 0.2) is 30.6 Å². The second kappa shape index (κ2) is 4.85. The molecule has 0 radical (unpaired) electrons. The van der Waals surface area contributed by atoms with E-state index in [4.69, 9.17) is 15.2 Å².